The van der Waals surface area contributed by atoms with Gasteiger partial charge >= 0.3 is 0 Å². The number of likely N-dealkylation sites (tertiary alicyclic amines) is 1. The second-order valence-corrected chi connectivity index (χ2v) is 9.42. The third-order valence-electron chi connectivity index (χ3n) is 5.90. The first-order valence-corrected chi connectivity index (χ1v) is 12.0. The minimum Gasteiger partial charge on any atom is -0.493 e. The molecule has 6 nitrogen and oxygen atoms in total. The Bertz CT molecular complexity index is 867. The van der Waals surface area contributed by atoms with E-state index in [1.54, 1.807) is 0 Å². The molecule has 1 fully saturated rings. The number of nitrogens with zero attached hydrogens (tertiary/aromatic N) is 1. The van der Waals surface area contributed by atoms with Gasteiger partial charge in [-0.2, -0.15) is 0 Å². The summed E-state index contributed by atoms with van der Waals surface area (Å²) in [5.74, 6) is 2.02. The molecule has 2 aromatic carbocycles. The van der Waals surface area contributed by atoms with Gasteiger partial charge in [-0.1, -0.05) is 36.8 Å². The highest BCUT2D eigenvalue weighted by molar-refractivity contribution is 5.76. The lowest BCUT2D eigenvalue weighted by atomic mass is 10.0. The van der Waals surface area contributed by atoms with Crippen LogP contribution in [0.15, 0.2) is 48.5 Å². The maximum absolute atomic E-state index is 12.7. The Morgan fingerprint density at radius 3 is 2.39 bits per heavy atom. The SMILES string of the molecule is Cc1ccc(OCCC(=O)N[C@H](CN2CC[C@@H](C)C2)[C@H](O)c2ccc(OC(C)C)cc2)cc1. The van der Waals surface area contributed by atoms with Gasteiger partial charge in [-0.15, -0.1) is 0 Å². The Kier molecular flexibility index (Phi) is 9.15. The molecule has 1 aliphatic rings. The van der Waals surface area contributed by atoms with E-state index in [1.165, 1.54) is 0 Å². The fraction of sp³-hybridized carbons (Fsp3) is 0.519. The highest BCUT2D eigenvalue weighted by Crippen LogP contribution is 2.24. The van der Waals surface area contributed by atoms with E-state index in [-0.39, 0.29) is 18.4 Å². The van der Waals surface area contributed by atoms with Crippen LogP contribution in [0.3, 0.4) is 0 Å². The first kappa shape index (κ1) is 25.1. The van der Waals surface area contributed by atoms with Crippen LogP contribution < -0.4 is 14.8 Å². The van der Waals surface area contributed by atoms with Crippen molar-refractivity contribution in [3.05, 3.63) is 59.7 Å². The molecule has 6 heteroatoms. The molecule has 0 saturated carbocycles. The molecular weight excluding hydrogens is 416 g/mol. The third-order valence-corrected chi connectivity index (χ3v) is 5.90. The third kappa shape index (κ3) is 8.06. The Morgan fingerprint density at radius 1 is 1.12 bits per heavy atom. The molecule has 2 aromatic rings. The highest BCUT2D eigenvalue weighted by Gasteiger charge is 2.28. The van der Waals surface area contributed by atoms with Crippen LogP contribution in [0, 0.1) is 12.8 Å². The molecule has 3 rings (SSSR count). The van der Waals surface area contributed by atoms with Gasteiger partial charge in [0.2, 0.25) is 5.91 Å². The normalized spacial score (nSPS) is 18.2. The molecule has 1 saturated heterocycles. The van der Waals surface area contributed by atoms with E-state index in [0.717, 1.165) is 42.1 Å². The van der Waals surface area contributed by atoms with Crippen LogP contribution in [0.1, 0.15) is 50.8 Å². The number of hydrogen-bond acceptors (Lipinski definition) is 5. The Balaban J connectivity index is 1.60. The lowest BCUT2D eigenvalue weighted by Gasteiger charge is -2.29. The minimum atomic E-state index is -0.809. The lowest BCUT2D eigenvalue weighted by Crippen LogP contribution is -2.47. The molecule has 0 aromatic heterocycles. The van der Waals surface area contributed by atoms with E-state index in [4.69, 9.17) is 9.47 Å². The Morgan fingerprint density at radius 2 is 1.79 bits per heavy atom. The van der Waals surface area contributed by atoms with Crippen LogP contribution in [-0.4, -0.2) is 54.3 Å². The molecular formula is C27H38N2O4. The van der Waals surface area contributed by atoms with Gasteiger partial charge in [-0.3, -0.25) is 4.79 Å². The molecule has 33 heavy (non-hydrogen) atoms. The van der Waals surface area contributed by atoms with E-state index in [2.05, 4.69) is 17.1 Å². The summed E-state index contributed by atoms with van der Waals surface area (Å²) in [7, 11) is 0. The maximum atomic E-state index is 12.7. The summed E-state index contributed by atoms with van der Waals surface area (Å²) in [4.78, 5) is 15.0. The van der Waals surface area contributed by atoms with Crippen LogP contribution in [0.2, 0.25) is 0 Å². The second kappa shape index (κ2) is 12.1. The van der Waals surface area contributed by atoms with E-state index >= 15 is 0 Å². The summed E-state index contributed by atoms with van der Waals surface area (Å²) in [6.07, 6.45) is 0.653. The number of carbonyl (C=O) groups excluding carboxylic acids is 1. The summed E-state index contributed by atoms with van der Waals surface area (Å²) in [5, 5.41) is 14.2. The molecule has 2 N–H and O–H groups in total. The van der Waals surface area contributed by atoms with Gasteiger partial charge in [0.25, 0.3) is 0 Å². The quantitative estimate of drug-likeness (QED) is 0.535. The molecule has 1 aliphatic heterocycles. The Hall–Kier alpha value is -2.57. The van der Waals surface area contributed by atoms with E-state index in [9.17, 15) is 9.90 Å². The zero-order chi connectivity index (χ0) is 23.8. The average molecular weight is 455 g/mol. The molecule has 3 atom stereocenters. The Labute approximate surface area is 197 Å². The summed E-state index contributed by atoms with van der Waals surface area (Å²) >= 11 is 0. The summed E-state index contributed by atoms with van der Waals surface area (Å²) in [6.45, 7) is 11.1. The topological polar surface area (TPSA) is 71.0 Å². The number of carbonyl (C=O) groups is 1. The van der Waals surface area contributed by atoms with E-state index in [0.29, 0.717) is 19.1 Å². The van der Waals surface area contributed by atoms with Crippen molar-refractivity contribution in [1.29, 1.82) is 0 Å². The van der Waals surface area contributed by atoms with Crippen molar-refractivity contribution in [3.63, 3.8) is 0 Å². The molecule has 1 amide bonds. The molecule has 180 valence electrons. The van der Waals surface area contributed by atoms with Gasteiger partial charge in [-0.05, 0) is 69.5 Å². The second-order valence-electron chi connectivity index (χ2n) is 9.42. The number of amides is 1. The number of hydrogen-bond donors (Lipinski definition) is 2. The van der Waals surface area contributed by atoms with Crippen LogP contribution in [-0.2, 0) is 4.79 Å². The lowest BCUT2D eigenvalue weighted by molar-refractivity contribution is -0.123. The van der Waals surface area contributed by atoms with Gasteiger partial charge in [0.05, 0.1) is 25.2 Å². The maximum Gasteiger partial charge on any atom is 0.223 e. The van der Waals surface area contributed by atoms with Crippen molar-refractivity contribution in [3.8, 4) is 11.5 Å². The van der Waals surface area contributed by atoms with Crippen LogP contribution in [0.4, 0.5) is 0 Å². The fourth-order valence-electron chi connectivity index (χ4n) is 4.12. The largest absolute Gasteiger partial charge is 0.493 e. The van der Waals surface area contributed by atoms with Crippen molar-refractivity contribution in [2.24, 2.45) is 5.92 Å². The zero-order valence-electron chi connectivity index (χ0n) is 20.3. The summed E-state index contributed by atoms with van der Waals surface area (Å²) in [6, 6.07) is 14.8. The monoisotopic (exact) mass is 454 g/mol. The van der Waals surface area contributed by atoms with Gasteiger partial charge < -0.3 is 24.8 Å². The predicted molar refractivity (Wildman–Crippen MR) is 131 cm³/mol. The van der Waals surface area contributed by atoms with Crippen molar-refractivity contribution in [2.75, 3.05) is 26.2 Å². The van der Waals surface area contributed by atoms with E-state index in [1.807, 2.05) is 69.3 Å². The standard InChI is InChI=1S/C27H38N2O4/c1-19(2)33-24-11-7-22(8-12-24)27(31)25(18-29-15-13-21(4)17-29)28-26(30)14-16-32-23-9-5-20(3)6-10-23/h5-12,19,21,25,27,31H,13-18H2,1-4H3,(H,28,30)/t21-,25-,27-/m1/s1. The van der Waals surface area contributed by atoms with E-state index < -0.39 is 12.1 Å². The van der Waals surface area contributed by atoms with Crippen molar-refractivity contribution in [2.45, 2.75) is 58.8 Å². The molecule has 0 bridgehead atoms. The van der Waals surface area contributed by atoms with Gasteiger partial charge in [0.1, 0.15) is 17.6 Å². The van der Waals surface area contributed by atoms with Crippen LogP contribution in [0.25, 0.3) is 0 Å². The molecule has 0 spiro atoms. The first-order chi connectivity index (χ1) is 15.8. The van der Waals surface area contributed by atoms with Gasteiger partial charge in [-0.25, -0.2) is 0 Å². The van der Waals surface area contributed by atoms with Gasteiger partial charge in [0, 0.05) is 13.1 Å². The number of aliphatic hydroxyl groups excluding tert-OH is 1. The van der Waals surface area contributed by atoms with Crippen molar-refractivity contribution >= 4 is 5.91 Å². The summed E-state index contributed by atoms with van der Waals surface area (Å²) in [5.41, 5.74) is 1.93. The smallest absolute Gasteiger partial charge is 0.223 e. The van der Waals surface area contributed by atoms with Crippen molar-refractivity contribution in [1.82, 2.24) is 10.2 Å². The molecule has 0 unspecified atom stereocenters. The number of rotatable bonds is 11. The predicted octanol–water partition coefficient (Wildman–Crippen LogP) is 4.11. The number of benzene rings is 2. The van der Waals surface area contributed by atoms with Gasteiger partial charge in [0.15, 0.2) is 0 Å². The van der Waals surface area contributed by atoms with Crippen molar-refractivity contribution < 1.29 is 19.4 Å². The first-order valence-electron chi connectivity index (χ1n) is 12.0. The number of nitrogens with one attached hydrogen (secondary N) is 1. The zero-order valence-corrected chi connectivity index (χ0v) is 20.3. The summed E-state index contributed by atoms with van der Waals surface area (Å²) < 4.78 is 11.4. The number of aryl methyl sites for hydroxylation is 1. The average Bonchev–Trinajstić information content (AvgIpc) is 3.19. The molecule has 0 aliphatic carbocycles. The molecule has 0 radical (unpaired) electrons. The minimum absolute atomic E-state index is 0.0899. The number of aliphatic hydroxyl groups is 1. The molecule has 1 heterocycles. The van der Waals surface area contributed by atoms with Crippen LogP contribution >= 0.6 is 0 Å². The van der Waals surface area contributed by atoms with Crippen LogP contribution in [0.5, 0.6) is 11.5 Å². The highest BCUT2D eigenvalue weighted by atomic mass is 16.5. The number of ether oxygens (including phenoxy) is 2. The fourth-order valence-corrected chi connectivity index (χ4v) is 4.12.